The SMILES string of the molecule is CCOC(=O)/C(C)=C/c1c(OC)cc(Br)cc1OC. The van der Waals surface area contributed by atoms with Gasteiger partial charge in [-0.2, -0.15) is 0 Å². The van der Waals surface area contributed by atoms with Gasteiger partial charge in [0.05, 0.1) is 26.4 Å². The van der Waals surface area contributed by atoms with Crippen LogP contribution in [0.15, 0.2) is 22.2 Å². The second-order valence-corrected chi connectivity index (χ2v) is 4.69. The third-order valence-corrected chi connectivity index (χ3v) is 2.92. The van der Waals surface area contributed by atoms with E-state index in [0.717, 1.165) is 4.47 Å². The zero-order valence-electron chi connectivity index (χ0n) is 11.5. The minimum Gasteiger partial charge on any atom is -0.496 e. The molecule has 0 radical (unpaired) electrons. The van der Waals surface area contributed by atoms with Gasteiger partial charge in [0.1, 0.15) is 11.5 Å². The first-order valence-corrected chi connectivity index (χ1v) is 6.59. The van der Waals surface area contributed by atoms with Crippen LogP contribution in [-0.4, -0.2) is 26.8 Å². The van der Waals surface area contributed by atoms with Gasteiger partial charge in [0.2, 0.25) is 0 Å². The Morgan fingerprint density at radius 3 is 2.21 bits per heavy atom. The van der Waals surface area contributed by atoms with Crippen molar-refractivity contribution < 1.29 is 19.0 Å². The highest BCUT2D eigenvalue weighted by atomic mass is 79.9. The number of benzene rings is 1. The maximum Gasteiger partial charge on any atom is 0.333 e. The fraction of sp³-hybridized carbons (Fsp3) is 0.357. The van der Waals surface area contributed by atoms with Crippen molar-refractivity contribution in [3.63, 3.8) is 0 Å². The Bertz CT molecular complexity index is 469. The van der Waals surface area contributed by atoms with Crippen molar-refractivity contribution in [1.29, 1.82) is 0 Å². The zero-order chi connectivity index (χ0) is 14.4. The van der Waals surface area contributed by atoms with Crippen LogP contribution in [0.5, 0.6) is 11.5 Å². The quantitative estimate of drug-likeness (QED) is 0.613. The van der Waals surface area contributed by atoms with Gasteiger partial charge in [0.25, 0.3) is 0 Å². The third kappa shape index (κ3) is 3.99. The number of hydrogen-bond acceptors (Lipinski definition) is 4. The number of ether oxygens (including phenoxy) is 3. The van der Waals surface area contributed by atoms with E-state index in [9.17, 15) is 4.79 Å². The van der Waals surface area contributed by atoms with Gasteiger partial charge >= 0.3 is 5.97 Å². The third-order valence-electron chi connectivity index (χ3n) is 2.47. The van der Waals surface area contributed by atoms with E-state index in [0.29, 0.717) is 29.2 Å². The molecule has 0 aromatic heterocycles. The fourth-order valence-electron chi connectivity index (χ4n) is 1.57. The van der Waals surface area contributed by atoms with Crippen molar-refractivity contribution in [2.75, 3.05) is 20.8 Å². The molecule has 0 N–H and O–H groups in total. The summed E-state index contributed by atoms with van der Waals surface area (Å²) in [6, 6.07) is 3.62. The van der Waals surface area contributed by atoms with E-state index in [2.05, 4.69) is 15.9 Å². The van der Waals surface area contributed by atoms with E-state index in [-0.39, 0.29) is 5.97 Å². The number of rotatable bonds is 5. The molecule has 0 heterocycles. The molecule has 0 saturated heterocycles. The van der Waals surface area contributed by atoms with E-state index >= 15 is 0 Å². The summed E-state index contributed by atoms with van der Waals surface area (Å²) in [5, 5.41) is 0. The van der Waals surface area contributed by atoms with E-state index in [1.54, 1.807) is 34.1 Å². The van der Waals surface area contributed by atoms with Crippen LogP contribution < -0.4 is 9.47 Å². The average Bonchev–Trinajstić information content (AvgIpc) is 2.40. The van der Waals surface area contributed by atoms with Crippen molar-refractivity contribution in [2.45, 2.75) is 13.8 Å². The summed E-state index contributed by atoms with van der Waals surface area (Å²) in [6.45, 7) is 3.81. The van der Waals surface area contributed by atoms with Crippen molar-refractivity contribution in [1.82, 2.24) is 0 Å². The lowest BCUT2D eigenvalue weighted by atomic mass is 10.1. The van der Waals surface area contributed by atoms with Gasteiger partial charge in [0.15, 0.2) is 0 Å². The molecule has 19 heavy (non-hydrogen) atoms. The van der Waals surface area contributed by atoms with Crippen molar-refractivity contribution >= 4 is 28.0 Å². The molecule has 0 aliphatic heterocycles. The lowest BCUT2D eigenvalue weighted by Gasteiger charge is -2.12. The Hall–Kier alpha value is -1.49. The zero-order valence-corrected chi connectivity index (χ0v) is 13.0. The molecule has 0 atom stereocenters. The van der Waals surface area contributed by atoms with Crippen molar-refractivity contribution in [3.8, 4) is 11.5 Å². The van der Waals surface area contributed by atoms with E-state index < -0.39 is 0 Å². The number of carbonyl (C=O) groups is 1. The highest BCUT2D eigenvalue weighted by molar-refractivity contribution is 9.10. The van der Waals surface area contributed by atoms with Gasteiger partial charge in [-0.25, -0.2) is 4.79 Å². The molecule has 0 spiro atoms. The minimum atomic E-state index is -0.352. The topological polar surface area (TPSA) is 44.8 Å². The van der Waals surface area contributed by atoms with Gasteiger partial charge in [0, 0.05) is 10.0 Å². The Morgan fingerprint density at radius 1 is 1.26 bits per heavy atom. The predicted molar refractivity (Wildman–Crippen MR) is 77.5 cm³/mol. The molecule has 1 aromatic rings. The molecule has 0 aliphatic rings. The standard InChI is InChI=1S/C14H17BrO4/c1-5-19-14(16)9(2)6-11-12(17-3)7-10(15)8-13(11)18-4/h6-8H,5H2,1-4H3/b9-6+. The van der Waals surface area contributed by atoms with E-state index in [4.69, 9.17) is 14.2 Å². The average molecular weight is 329 g/mol. The molecule has 0 fully saturated rings. The van der Waals surface area contributed by atoms with Crippen LogP contribution in [0, 0.1) is 0 Å². The number of esters is 1. The maximum absolute atomic E-state index is 11.6. The highest BCUT2D eigenvalue weighted by Crippen LogP contribution is 2.34. The second kappa shape index (κ2) is 7.19. The van der Waals surface area contributed by atoms with Gasteiger partial charge in [-0.1, -0.05) is 15.9 Å². The van der Waals surface area contributed by atoms with Gasteiger partial charge in [-0.15, -0.1) is 0 Å². The van der Waals surface area contributed by atoms with E-state index in [1.165, 1.54) is 0 Å². The monoisotopic (exact) mass is 328 g/mol. The summed E-state index contributed by atoms with van der Waals surface area (Å²) in [5.74, 6) is 0.888. The Kier molecular flexibility index (Phi) is 5.89. The number of halogens is 1. The summed E-state index contributed by atoms with van der Waals surface area (Å²) in [5.41, 5.74) is 1.19. The molecule has 0 saturated carbocycles. The molecular weight excluding hydrogens is 312 g/mol. The fourth-order valence-corrected chi connectivity index (χ4v) is 1.99. The second-order valence-electron chi connectivity index (χ2n) is 3.77. The number of methoxy groups -OCH3 is 2. The first-order valence-electron chi connectivity index (χ1n) is 5.80. The van der Waals surface area contributed by atoms with Crippen LogP contribution in [0.25, 0.3) is 6.08 Å². The smallest absolute Gasteiger partial charge is 0.333 e. The van der Waals surface area contributed by atoms with Gasteiger partial charge in [-0.05, 0) is 32.1 Å². The summed E-state index contributed by atoms with van der Waals surface area (Å²) in [7, 11) is 3.14. The Labute approximate surface area is 121 Å². The Morgan fingerprint density at radius 2 is 1.79 bits per heavy atom. The molecule has 0 bridgehead atoms. The highest BCUT2D eigenvalue weighted by Gasteiger charge is 2.12. The lowest BCUT2D eigenvalue weighted by Crippen LogP contribution is -2.05. The molecule has 5 heteroatoms. The molecule has 0 amide bonds. The van der Waals surface area contributed by atoms with Crippen LogP contribution >= 0.6 is 15.9 Å². The molecule has 104 valence electrons. The summed E-state index contributed by atoms with van der Waals surface area (Å²) < 4.78 is 16.4. The molecule has 0 aliphatic carbocycles. The number of carbonyl (C=O) groups excluding carboxylic acids is 1. The molecule has 0 unspecified atom stereocenters. The van der Waals surface area contributed by atoms with Crippen LogP contribution in [-0.2, 0) is 9.53 Å². The number of hydrogen-bond donors (Lipinski definition) is 0. The first-order chi connectivity index (χ1) is 9.03. The minimum absolute atomic E-state index is 0.346. The van der Waals surface area contributed by atoms with Crippen molar-refractivity contribution in [2.24, 2.45) is 0 Å². The molecule has 1 aromatic carbocycles. The van der Waals surface area contributed by atoms with Crippen molar-refractivity contribution in [3.05, 3.63) is 27.7 Å². The molecule has 1 rings (SSSR count). The summed E-state index contributed by atoms with van der Waals surface area (Å²) in [6.07, 6.45) is 1.70. The normalized spacial score (nSPS) is 11.1. The van der Waals surface area contributed by atoms with Crippen LogP contribution in [0.1, 0.15) is 19.4 Å². The predicted octanol–water partition coefficient (Wildman–Crippen LogP) is 3.43. The van der Waals surface area contributed by atoms with Crippen LogP contribution in [0.3, 0.4) is 0 Å². The largest absolute Gasteiger partial charge is 0.496 e. The Balaban J connectivity index is 3.25. The summed E-state index contributed by atoms with van der Waals surface area (Å²) >= 11 is 3.38. The maximum atomic E-state index is 11.6. The lowest BCUT2D eigenvalue weighted by molar-refractivity contribution is -0.138. The van der Waals surface area contributed by atoms with E-state index in [1.807, 2.05) is 12.1 Å². The van der Waals surface area contributed by atoms with Gasteiger partial charge < -0.3 is 14.2 Å². The molecule has 4 nitrogen and oxygen atoms in total. The first kappa shape index (κ1) is 15.6. The summed E-state index contributed by atoms with van der Waals surface area (Å²) in [4.78, 5) is 11.6. The van der Waals surface area contributed by atoms with Gasteiger partial charge in [-0.3, -0.25) is 0 Å². The van der Waals surface area contributed by atoms with Crippen LogP contribution in [0.2, 0.25) is 0 Å². The van der Waals surface area contributed by atoms with Crippen LogP contribution in [0.4, 0.5) is 0 Å². The molecular formula is C14H17BrO4.